The van der Waals surface area contributed by atoms with Crippen molar-refractivity contribution < 1.29 is 37.3 Å². The molecule has 2 aliphatic carbocycles. The average molecular weight is 722 g/mol. The van der Waals surface area contributed by atoms with Gasteiger partial charge in [-0.2, -0.15) is 13.2 Å². The predicted octanol–water partition coefficient (Wildman–Crippen LogP) is 5.54. The van der Waals surface area contributed by atoms with E-state index in [0.29, 0.717) is 62.8 Å². The standard InChI is InChI=1S/C37H42F3N7O5/c1-22-15-23-17-24(16-22)36(19-23,32(49)50)45-31(48)27-20-43-34(44-30(27)37(38,39)40)47-21-35(7-13-51-14-8-35)28-18-26(3-4-29(28)47)52-25-5-11-46(12-6-25)33-41-9-2-10-42-33/h2-4,9-10,18,20,22-25H,5-8,11-17,19,21H2,1H3,(H,45,48)(H,49,50). The maximum Gasteiger partial charge on any atom is 0.434 e. The molecule has 2 aromatic heterocycles. The van der Waals surface area contributed by atoms with E-state index < -0.39 is 40.3 Å². The number of piperidine rings is 1. The lowest BCUT2D eigenvalue weighted by Gasteiger charge is -2.34. The van der Waals surface area contributed by atoms with E-state index in [2.05, 4.69) is 30.2 Å². The summed E-state index contributed by atoms with van der Waals surface area (Å²) in [5, 5.41) is 12.8. The average Bonchev–Trinajstić information content (AvgIpc) is 3.58. The second-order valence-corrected chi connectivity index (χ2v) is 15.3. The van der Waals surface area contributed by atoms with E-state index >= 15 is 0 Å². The van der Waals surface area contributed by atoms with Gasteiger partial charge in [-0.3, -0.25) is 4.79 Å². The monoisotopic (exact) mass is 721 g/mol. The summed E-state index contributed by atoms with van der Waals surface area (Å²) >= 11 is 0. The highest BCUT2D eigenvalue weighted by molar-refractivity contribution is 5.99. The molecule has 1 amide bonds. The van der Waals surface area contributed by atoms with Crippen LogP contribution < -0.4 is 19.9 Å². The first-order chi connectivity index (χ1) is 24.9. The number of carbonyl (C=O) groups excluding carboxylic acids is 1. The summed E-state index contributed by atoms with van der Waals surface area (Å²) in [6, 6.07) is 7.44. The fourth-order valence-electron chi connectivity index (χ4n) is 9.47. The minimum atomic E-state index is -5.00. The second-order valence-electron chi connectivity index (χ2n) is 15.3. The zero-order valence-electron chi connectivity index (χ0n) is 28.9. The quantitative estimate of drug-likeness (QED) is 0.318. The van der Waals surface area contributed by atoms with Crippen molar-refractivity contribution in [2.75, 3.05) is 42.6 Å². The van der Waals surface area contributed by atoms with Gasteiger partial charge >= 0.3 is 12.1 Å². The normalized spacial score (nSPS) is 27.0. The topological polar surface area (TPSA) is 143 Å². The van der Waals surface area contributed by atoms with Crippen LogP contribution in [0.1, 0.15) is 79.9 Å². The number of nitrogens with zero attached hydrogens (tertiary/aromatic N) is 6. The number of ether oxygens (including phenoxy) is 2. The number of carboxylic acid groups (broad SMARTS) is 1. The molecule has 15 heteroatoms. The number of halogens is 3. The fourth-order valence-corrected chi connectivity index (χ4v) is 9.47. The van der Waals surface area contributed by atoms with Crippen molar-refractivity contribution in [3.8, 4) is 5.75 Å². The van der Waals surface area contributed by atoms with Crippen molar-refractivity contribution in [2.45, 2.75) is 81.5 Å². The number of hydrogen-bond donors (Lipinski definition) is 2. The molecule has 5 aliphatic rings. The highest BCUT2D eigenvalue weighted by Crippen LogP contribution is 2.52. The minimum Gasteiger partial charge on any atom is -0.490 e. The number of amides is 1. The Morgan fingerprint density at radius 3 is 2.50 bits per heavy atom. The highest BCUT2D eigenvalue weighted by Gasteiger charge is 2.57. The summed E-state index contributed by atoms with van der Waals surface area (Å²) in [5.41, 5.74) is -2.64. The number of fused-ring (bicyclic) bond motifs is 4. The fraction of sp³-hybridized carbons (Fsp3) is 0.568. The molecule has 2 saturated heterocycles. The molecule has 4 unspecified atom stereocenters. The van der Waals surface area contributed by atoms with Crippen LogP contribution in [0.25, 0.3) is 0 Å². The Morgan fingerprint density at radius 2 is 1.79 bits per heavy atom. The third-order valence-corrected chi connectivity index (χ3v) is 11.9. The molecule has 2 saturated carbocycles. The third-order valence-electron chi connectivity index (χ3n) is 11.9. The zero-order chi connectivity index (χ0) is 36.3. The van der Waals surface area contributed by atoms with Crippen molar-refractivity contribution in [3.05, 3.63) is 59.7 Å². The third kappa shape index (κ3) is 6.20. The van der Waals surface area contributed by atoms with Crippen LogP contribution in [0.3, 0.4) is 0 Å². The van der Waals surface area contributed by atoms with Crippen LogP contribution in [0.15, 0.2) is 42.9 Å². The van der Waals surface area contributed by atoms with Gasteiger partial charge in [0.1, 0.15) is 17.4 Å². The number of alkyl halides is 3. The molecule has 52 heavy (non-hydrogen) atoms. The van der Waals surface area contributed by atoms with Crippen molar-refractivity contribution in [2.24, 2.45) is 17.8 Å². The first kappa shape index (κ1) is 34.6. The summed E-state index contributed by atoms with van der Waals surface area (Å²) < 4.78 is 56.3. The van der Waals surface area contributed by atoms with Crippen molar-refractivity contribution >= 4 is 29.5 Å². The molecular formula is C37H42F3N7O5. The maximum absolute atomic E-state index is 14.7. The number of nitrogens with one attached hydrogen (secondary N) is 1. The van der Waals surface area contributed by atoms with Crippen molar-refractivity contribution in [1.82, 2.24) is 25.3 Å². The molecule has 3 aromatic rings. The van der Waals surface area contributed by atoms with Crippen LogP contribution in [0.5, 0.6) is 5.75 Å². The van der Waals surface area contributed by atoms with E-state index in [9.17, 15) is 27.9 Å². The Kier molecular flexibility index (Phi) is 8.74. The van der Waals surface area contributed by atoms with Crippen LogP contribution in [0.2, 0.25) is 0 Å². The number of anilines is 3. The first-order valence-electron chi connectivity index (χ1n) is 18.1. The van der Waals surface area contributed by atoms with Crippen molar-refractivity contribution in [1.29, 1.82) is 0 Å². The van der Waals surface area contributed by atoms with Gasteiger partial charge in [-0.05, 0) is 86.1 Å². The molecule has 4 atom stereocenters. The molecule has 2 bridgehead atoms. The van der Waals surface area contributed by atoms with Crippen LogP contribution in [-0.4, -0.2) is 81.4 Å². The lowest BCUT2D eigenvalue weighted by molar-refractivity contribution is -0.146. The minimum absolute atomic E-state index is 0.0232. The van der Waals surface area contributed by atoms with Gasteiger partial charge in [-0.25, -0.2) is 24.7 Å². The van der Waals surface area contributed by atoms with E-state index in [-0.39, 0.29) is 36.2 Å². The largest absolute Gasteiger partial charge is 0.490 e. The molecule has 12 nitrogen and oxygen atoms in total. The molecule has 8 rings (SSSR count). The SMILES string of the molecule is CC1CC2CC(C1)C(NC(=O)c1cnc(N3CC4(CCOCC4)c4cc(OC5CCN(c6ncccn6)CC5)ccc43)nc1C(F)(F)F)(C(=O)O)C2. The Hall–Kier alpha value is -4.53. The molecule has 1 spiro atoms. The van der Waals surface area contributed by atoms with Gasteiger partial charge in [0.15, 0.2) is 5.69 Å². The number of rotatable bonds is 7. The van der Waals surface area contributed by atoms with E-state index in [1.165, 1.54) is 0 Å². The Labute approximate surface area is 299 Å². The molecule has 3 aliphatic heterocycles. The number of carboxylic acids is 1. The van der Waals surface area contributed by atoms with E-state index in [1.807, 2.05) is 25.1 Å². The van der Waals surface area contributed by atoms with Crippen molar-refractivity contribution in [3.63, 3.8) is 0 Å². The number of hydrogen-bond acceptors (Lipinski definition) is 10. The molecule has 5 heterocycles. The van der Waals surface area contributed by atoms with Crippen LogP contribution in [-0.2, 0) is 21.1 Å². The second kappa shape index (κ2) is 13.2. The van der Waals surface area contributed by atoms with Gasteiger partial charge in [0.25, 0.3) is 5.91 Å². The molecule has 276 valence electrons. The Balaban J connectivity index is 1.06. The summed E-state index contributed by atoms with van der Waals surface area (Å²) in [7, 11) is 0. The summed E-state index contributed by atoms with van der Waals surface area (Å²) in [6.07, 6.45) is 4.40. The van der Waals surface area contributed by atoms with Gasteiger partial charge in [0.2, 0.25) is 11.9 Å². The molecule has 0 radical (unpaired) electrons. The van der Waals surface area contributed by atoms with Gasteiger partial charge in [0.05, 0.1) is 5.56 Å². The summed E-state index contributed by atoms with van der Waals surface area (Å²) in [5.74, 6) is -1.16. The molecular weight excluding hydrogens is 679 g/mol. The Bertz CT molecular complexity index is 1830. The van der Waals surface area contributed by atoms with Crippen LogP contribution >= 0.6 is 0 Å². The van der Waals surface area contributed by atoms with Gasteiger partial charge in [0, 0.05) is 75.4 Å². The number of carbonyl (C=O) groups is 2. The highest BCUT2D eigenvalue weighted by atomic mass is 19.4. The summed E-state index contributed by atoms with van der Waals surface area (Å²) in [6.45, 7) is 4.86. The van der Waals surface area contributed by atoms with Crippen LogP contribution in [0.4, 0.5) is 30.8 Å². The van der Waals surface area contributed by atoms with Gasteiger partial charge in [-0.1, -0.05) is 6.92 Å². The number of benzene rings is 1. The predicted molar refractivity (Wildman–Crippen MR) is 183 cm³/mol. The van der Waals surface area contributed by atoms with Gasteiger partial charge < -0.3 is 29.7 Å². The molecule has 4 fully saturated rings. The molecule has 1 aromatic carbocycles. The van der Waals surface area contributed by atoms with Gasteiger partial charge in [-0.15, -0.1) is 0 Å². The maximum atomic E-state index is 14.7. The number of aromatic nitrogens is 4. The Morgan fingerprint density at radius 1 is 1.04 bits per heavy atom. The summed E-state index contributed by atoms with van der Waals surface area (Å²) in [4.78, 5) is 47.1. The van der Waals surface area contributed by atoms with Crippen LogP contribution in [0, 0.1) is 17.8 Å². The van der Waals surface area contributed by atoms with E-state index in [1.54, 1.807) is 23.4 Å². The number of aliphatic carboxylic acids is 1. The smallest absolute Gasteiger partial charge is 0.434 e. The first-order valence-corrected chi connectivity index (χ1v) is 18.1. The van der Waals surface area contributed by atoms with E-state index in [0.717, 1.165) is 44.1 Å². The molecule has 2 N–H and O–H groups in total. The van der Waals surface area contributed by atoms with E-state index in [4.69, 9.17) is 9.47 Å². The zero-order valence-corrected chi connectivity index (χ0v) is 28.9. The lowest BCUT2D eigenvalue weighted by Crippen LogP contribution is -2.57. The lowest BCUT2D eigenvalue weighted by atomic mass is 9.76.